The first-order valence-corrected chi connectivity index (χ1v) is 10.2. The number of halogens is 2. The Kier molecular flexibility index (Phi) is 5.55. The Bertz CT molecular complexity index is 1270. The molecular formula is C21H13Br2N3O3. The smallest absolute Gasteiger partial charge is 0.349 e. The average Bonchev–Trinajstić information content (AvgIpc) is 2.73. The van der Waals surface area contributed by atoms with Crippen LogP contribution >= 0.6 is 31.9 Å². The van der Waals surface area contributed by atoms with Gasteiger partial charge in [-0.3, -0.25) is 4.79 Å². The second-order valence-corrected chi connectivity index (χ2v) is 7.97. The fourth-order valence-corrected chi connectivity index (χ4v) is 4.18. The van der Waals surface area contributed by atoms with Gasteiger partial charge >= 0.3 is 5.63 Å². The summed E-state index contributed by atoms with van der Waals surface area (Å²) in [5, 5.41) is 3.35. The Morgan fingerprint density at radius 1 is 1.03 bits per heavy atom. The van der Waals surface area contributed by atoms with E-state index in [9.17, 15) is 9.59 Å². The molecule has 8 heteroatoms. The standard InChI is InChI=1S/C21H13Br2N3O3/c22-14-6-13-7-16(21(28)29-19(13)17(23)8-14)20(27)24-10-15-9-18(26-11-25-15)12-4-2-1-3-5-12/h1-9,11H,10H2,(H,24,27). The van der Waals surface area contributed by atoms with Gasteiger partial charge in [0.2, 0.25) is 0 Å². The Morgan fingerprint density at radius 2 is 1.83 bits per heavy atom. The maximum absolute atomic E-state index is 12.6. The Balaban J connectivity index is 1.56. The highest BCUT2D eigenvalue weighted by molar-refractivity contribution is 9.11. The van der Waals surface area contributed by atoms with Gasteiger partial charge in [-0.15, -0.1) is 0 Å². The van der Waals surface area contributed by atoms with Crippen molar-refractivity contribution in [2.45, 2.75) is 6.54 Å². The summed E-state index contributed by atoms with van der Waals surface area (Å²) in [4.78, 5) is 33.3. The van der Waals surface area contributed by atoms with Crippen LogP contribution in [0.5, 0.6) is 0 Å². The highest BCUT2D eigenvalue weighted by atomic mass is 79.9. The van der Waals surface area contributed by atoms with Gasteiger partial charge in [0.25, 0.3) is 5.91 Å². The van der Waals surface area contributed by atoms with Crippen molar-refractivity contribution >= 4 is 48.7 Å². The molecule has 0 unspecified atom stereocenters. The van der Waals surface area contributed by atoms with Gasteiger partial charge in [-0.1, -0.05) is 46.3 Å². The van der Waals surface area contributed by atoms with E-state index in [-0.39, 0.29) is 12.1 Å². The van der Waals surface area contributed by atoms with Crippen molar-refractivity contribution in [1.82, 2.24) is 15.3 Å². The molecule has 0 fully saturated rings. The fraction of sp³-hybridized carbons (Fsp3) is 0.0476. The van der Waals surface area contributed by atoms with Gasteiger partial charge < -0.3 is 9.73 Å². The van der Waals surface area contributed by atoms with Crippen LogP contribution in [-0.4, -0.2) is 15.9 Å². The zero-order chi connectivity index (χ0) is 20.4. The van der Waals surface area contributed by atoms with E-state index in [1.807, 2.05) is 30.3 Å². The predicted octanol–water partition coefficient (Wildman–Crippen LogP) is 4.71. The molecule has 0 spiro atoms. The zero-order valence-corrected chi connectivity index (χ0v) is 18.0. The van der Waals surface area contributed by atoms with E-state index in [1.165, 1.54) is 12.4 Å². The number of carbonyl (C=O) groups excluding carboxylic acids is 1. The number of aromatic nitrogens is 2. The number of hydrogen-bond acceptors (Lipinski definition) is 5. The molecule has 1 N–H and O–H groups in total. The normalized spacial score (nSPS) is 10.8. The molecule has 4 rings (SSSR count). The fourth-order valence-electron chi connectivity index (χ4n) is 2.84. The van der Waals surface area contributed by atoms with Crippen LogP contribution in [0.3, 0.4) is 0 Å². The summed E-state index contributed by atoms with van der Waals surface area (Å²) in [6.45, 7) is 0.154. The van der Waals surface area contributed by atoms with Crippen molar-refractivity contribution in [2.24, 2.45) is 0 Å². The van der Waals surface area contributed by atoms with E-state index in [4.69, 9.17) is 4.42 Å². The minimum absolute atomic E-state index is 0.0696. The average molecular weight is 515 g/mol. The largest absolute Gasteiger partial charge is 0.421 e. The maximum Gasteiger partial charge on any atom is 0.349 e. The van der Waals surface area contributed by atoms with Crippen molar-refractivity contribution < 1.29 is 9.21 Å². The van der Waals surface area contributed by atoms with Crippen LogP contribution in [0.25, 0.3) is 22.2 Å². The van der Waals surface area contributed by atoms with E-state index in [2.05, 4.69) is 47.1 Å². The van der Waals surface area contributed by atoms with Crippen molar-refractivity contribution in [1.29, 1.82) is 0 Å². The van der Waals surface area contributed by atoms with Gasteiger partial charge in [0, 0.05) is 15.4 Å². The van der Waals surface area contributed by atoms with Gasteiger partial charge in [0.05, 0.1) is 22.4 Å². The molecular weight excluding hydrogens is 502 g/mol. The highest BCUT2D eigenvalue weighted by Gasteiger charge is 2.15. The third-order valence-electron chi connectivity index (χ3n) is 4.22. The van der Waals surface area contributed by atoms with Crippen LogP contribution in [0.2, 0.25) is 0 Å². The maximum atomic E-state index is 12.6. The molecule has 4 aromatic rings. The van der Waals surface area contributed by atoms with Crippen LogP contribution in [0.4, 0.5) is 0 Å². The van der Waals surface area contributed by atoms with Crippen molar-refractivity contribution in [3.05, 3.63) is 91.5 Å². The highest BCUT2D eigenvalue weighted by Crippen LogP contribution is 2.28. The first-order chi connectivity index (χ1) is 14.0. The van der Waals surface area contributed by atoms with Crippen molar-refractivity contribution in [3.8, 4) is 11.3 Å². The zero-order valence-electron chi connectivity index (χ0n) is 14.9. The van der Waals surface area contributed by atoms with Gasteiger partial charge in [0.1, 0.15) is 11.9 Å². The number of amides is 1. The molecule has 2 aromatic carbocycles. The second kappa shape index (κ2) is 8.26. The third-order valence-corrected chi connectivity index (χ3v) is 5.27. The Hall–Kier alpha value is -2.84. The van der Waals surface area contributed by atoms with Crippen molar-refractivity contribution in [2.75, 3.05) is 0 Å². The van der Waals surface area contributed by atoms with Crippen molar-refractivity contribution in [3.63, 3.8) is 0 Å². The summed E-state index contributed by atoms with van der Waals surface area (Å²) in [6.07, 6.45) is 1.45. The van der Waals surface area contributed by atoms with Crippen LogP contribution in [0, 0.1) is 0 Å². The predicted molar refractivity (Wildman–Crippen MR) is 117 cm³/mol. The number of benzene rings is 2. The van der Waals surface area contributed by atoms with Gasteiger partial charge in [-0.25, -0.2) is 14.8 Å². The monoisotopic (exact) mass is 513 g/mol. The Labute approximate surface area is 182 Å². The summed E-state index contributed by atoms with van der Waals surface area (Å²) in [6, 6.07) is 16.5. The summed E-state index contributed by atoms with van der Waals surface area (Å²) in [5.74, 6) is -0.531. The summed E-state index contributed by atoms with van der Waals surface area (Å²) in [7, 11) is 0. The topological polar surface area (TPSA) is 85.1 Å². The molecule has 0 saturated carbocycles. The first-order valence-electron chi connectivity index (χ1n) is 8.59. The lowest BCUT2D eigenvalue weighted by Gasteiger charge is -2.07. The first kappa shape index (κ1) is 19.5. The summed E-state index contributed by atoms with van der Waals surface area (Å²) < 4.78 is 6.74. The molecule has 29 heavy (non-hydrogen) atoms. The van der Waals surface area contributed by atoms with Crippen LogP contribution in [-0.2, 0) is 6.54 Å². The van der Waals surface area contributed by atoms with Gasteiger partial charge in [0.15, 0.2) is 5.58 Å². The van der Waals surface area contributed by atoms with E-state index in [1.54, 1.807) is 18.2 Å². The molecule has 6 nitrogen and oxygen atoms in total. The van der Waals surface area contributed by atoms with Crippen LogP contribution < -0.4 is 10.9 Å². The lowest BCUT2D eigenvalue weighted by molar-refractivity contribution is 0.0947. The molecule has 0 atom stereocenters. The number of rotatable bonds is 4. The van der Waals surface area contributed by atoms with E-state index in [0.29, 0.717) is 21.1 Å². The molecule has 1 amide bonds. The second-order valence-electron chi connectivity index (χ2n) is 6.20. The number of nitrogens with one attached hydrogen (secondary N) is 1. The quantitative estimate of drug-likeness (QED) is 0.399. The molecule has 0 bridgehead atoms. The van der Waals surface area contributed by atoms with Gasteiger partial charge in [-0.05, 0) is 40.2 Å². The lowest BCUT2D eigenvalue weighted by atomic mass is 10.1. The minimum atomic E-state index is -0.703. The van der Waals surface area contributed by atoms with E-state index >= 15 is 0 Å². The lowest BCUT2D eigenvalue weighted by Crippen LogP contribution is -2.28. The SMILES string of the molecule is O=C(NCc1cc(-c2ccccc2)ncn1)c1cc2cc(Br)cc(Br)c2oc1=O. The number of fused-ring (bicyclic) bond motifs is 1. The number of nitrogens with zero attached hydrogens (tertiary/aromatic N) is 2. The molecule has 0 aliphatic carbocycles. The molecule has 0 aliphatic heterocycles. The molecule has 2 heterocycles. The minimum Gasteiger partial charge on any atom is -0.421 e. The molecule has 2 aromatic heterocycles. The molecule has 0 saturated heterocycles. The van der Waals surface area contributed by atoms with Crippen LogP contribution in [0.1, 0.15) is 16.1 Å². The Morgan fingerprint density at radius 3 is 2.62 bits per heavy atom. The van der Waals surface area contributed by atoms with E-state index < -0.39 is 11.5 Å². The third kappa shape index (κ3) is 4.28. The summed E-state index contributed by atoms with van der Waals surface area (Å²) in [5.41, 5.74) is 1.95. The van der Waals surface area contributed by atoms with Gasteiger partial charge in [-0.2, -0.15) is 0 Å². The van der Waals surface area contributed by atoms with E-state index in [0.717, 1.165) is 15.7 Å². The number of hydrogen-bond donors (Lipinski definition) is 1. The molecule has 0 radical (unpaired) electrons. The molecule has 144 valence electrons. The number of carbonyl (C=O) groups is 1. The molecule has 0 aliphatic rings. The van der Waals surface area contributed by atoms with Crippen LogP contribution in [0.15, 0.2) is 79.1 Å². The summed E-state index contributed by atoms with van der Waals surface area (Å²) >= 11 is 6.74.